The summed E-state index contributed by atoms with van der Waals surface area (Å²) in [5, 5.41) is 7.96. The molecule has 3 rings (SSSR count). The van der Waals surface area contributed by atoms with Crippen LogP contribution < -0.4 is 5.32 Å². The third-order valence-corrected chi connectivity index (χ3v) is 3.97. The predicted octanol–water partition coefficient (Wildman–Crippen LogP) is 4.24. The number of aromatic nitrogens is 1. The summed E-state index contributed by atoms with van der Waals surface area (Å²) < 4.78 is 5.40. The van der Waals surface area contributed by atoms with Crippen LogP contribution in [0.2, 0.25) is 0 Å². The van der Waals surface area contributed by atoms with Crippen molar-refractivity contribution in [3.8, 4) is 0 Å². The van der Waals surface area contributed by atoms with Crippen molar-refractivity contribution in [3.05, 3.63) is 58.3 Å². The first-order valence-corrected chi connectivity index (χ1v) is 7.66. The fraction of sp³-hybridized carbons (Fsp3) is 0.263. The van der Waals surface area contributed by atoms with Crippen LogP contribution in [0.5, 0.6) is 0 Å². The van der Waals surface area contributed by atoms with Gasteiger partial charge in [-0.25, -0.2) is 0 Å². The van der Waals surface area contributed by atoms with Crippen molar-refractivity contribution in [2.45, 2.75) is 34.1 Å². The maximum absolute atomic E-state index is 12.4. The van der Waals surface area contributed by atoms with Crippen molar-refractivity contribution >= 4 is 22.6 Å². The number of rotatable bonds is 3. The molecule has 0 atom stereocenters. The first-order valence-electron chi connectivity index (χ1n) is 7.66. The van der Waals surface area contributed by atoms with Crippen molar-refractivity contribution in [1.29, 1.82) is 0 Å². The second-order valence-electron chi connectivity index (χ2n) is 6.13. The van der Waals surface area contributed by atoms with E-state index in [1.165, 1.54) is 0 Å². The van der Waals surface area contributed by atoms with Gasteiger partial charge in [0.25, 0.3) is 0 Å². The van der Waals surface area contributed by atoms with Gasteiger partial charge in [-0.2, -0.15) is 0 Å². The largest absolute Gasteiger partial charge is 0.356 e. The van der Waals surface area contributed by atoms with Crippen LogP contribution in [0.4, 0.5) is 5.69 Å². The van der Waals surface area contributed by atoms with Gasteiger partial charge < -0.3 is 9.84 Å². The van der Waals surface area contributed by atoms with E-state index in [2.05, 4.69) is 10.5 Å². The summed E-state index contributed by atoms with van der Waals surface area (Å²) in [5.41, 5.74) is 6.60. The molecule has 23 heavy (non-hydrogen) atoms. The highest BCUT2D eigenvalue weighted by molar-refractivity contribution is 5.95. The number of fused-ring (bicyclic) bond motifs is 1. The van der Waals surface area contributed by atoms with Crippen LogP contribution in [0.3, 0.4) is 0 Å². The number of benzene rings is 2. The Labute approximate surface area is 135 Å². The number of hydrogen-bond acceptors (Lipinski definition) is 3. The van der Waals surface area contributed by atoms with Crippen LogP contribution in [-0.2, 0) is 11.2 Å². The Morgan fingerprint density at radius 2 is 1.83 bits per heavy atom. The van der Waals surface area contributed by atoms with Crippen LogP contribution in [-0.4, -0.2) is 11.1 Å². The van der Waals surface area contributed by atoms with E-state index in [1.54, 1.807) is 0 Å². The van der Waals surface area contributed by atoms with Crippen LogP contribution in [0.25, 0.3) is 11.0 Å². The van der Waals surface area contributed by atoms with Crippen LogP contribution in [0, 0.1) is 27.7 Å². The van der Waals surface area contributed by atoms with E-state index in [-0.39, 0.29) is 12.3 Å². The van der Waals surface area contributed by atoms with Gasteiger partial charge in [0.2, 0.25) is 5.91 Å². The first-order chi connectivity index (χ1) is 10.9. The van der Waals surface area contributed by atoms with Crippen molar-refractivity contribution in [3.63, 3.8) is 0 Å². The van der Waals surface area contributed by atoms with Crippen LogP contribution in [0.15, 0.2) is 34.9 Å². The molecule has 0 spiro atoms. The second-order valence-corrected chi connectivity index (χ2v) is 6.13. The van der Waals surface area contributed by atoms with Crippen LogP contribution >= 0.6 is 0 Å². The fourth-order valence-corrected chi connectivity index (χ4v) is 2.78. The maximum Gasteiger partial charge on any atom is 0.230 e. The number of anilines is 1. The molecule has 3 aromatic rings. The molecule has 0 saturated heterocycles. The highest BCUT2D eigenvalue weighted by atomic mass is 16.5. The molecule has 0 aliphatic heterocycles. The Morgan fingerprint density at radius 3 is 2.61 bits per heavy atom. The second kappa shape index (κ2) is 5.88. The smallest absolute Gasteiger partial charge is 0.230 e. The molecule has 1 amide bonds. The van der Waals surface area contributed by atoms with Gasteiger partial charge in [-0.1, -0.05) is 23.4 Å². The molecule has 1 heterocycles. The number of nitrogens with zero attached hydrogens (tertiary/aromatic N) is 1. The van der Waals surface area contributed by atoms with E-state index in [9.17, 15) is 4.79 Å². The summed E-state index contributed by atoms with van der Waals surface area (Å²) in [6, 6.07) is 10.1. The standard InChI is InChI=1S/C19H20N2O2/c1-11-5-6-13(3)16(9-11)20-18(22)10-17-15-8-12(2)7-14(4)19(15)23-21-17/h5-9H,10H2,1-4H3,(H,20,22). The Hall–Kier alpha value is -2.62. The van der Waals surface area contributed by atoms with Crippen molar-refractivity contribution in [1.82, 2.24) is 5.16 Å². The Morgan fingerprint density at radius 1 is 1.04 bits per heavy atom. The van der Waals surface area contributed by atoms with Gasteiger partial charge in [0.15, 0.2) is 5.58 Å². The Bertz CT molecular complexity index is 894. The molecule has 2 aromatic carbocycles. The lowest BCUT2D eigenvalue weighted by atomic mass is 10.1. The molecule has 118 valence electrons. The van der Waals surface area contributed by atoms with E-state index in [1.807, 2.05) is 58.0 Å². The SMILES string of the molecule is Cc1ccc(C)c(NC(=O)Cc2noc3c(C)cc(C)cc23)c1. The average molecular weight is 308 g/mol. The Balaban J connectivity index is 1.85. The van der Waals surface area contributed by atoms with Gasteiger partial charge in [-0.05, 0) is 62.1 Å². The summed E-state index contributed by atoms with van der Waals surface area (Å²) in [6.45, 7) is 8.00. The summed E-state index contributed by atoms with van der Waals surface area (Å²) in [7, 11) is 0. The van der Waals surface area contributed by atoms with E-state index >= 15 is 0 Å². The summed E-state index contributed by atoms with van der Waals surface area (Å²) in [5.74, 6) is -0.0898. The van der Waals surface area contributed by atoms with E-state index in [4.69, 9.17) is 4.52 Å². The lowest BCUT2D eigenvalue weighted by molar-refractivity contribution is -0.115. The van der Waals surface area contributed by atoms with Gasteiger partial charge in [0.1, 0.15) is 5.69 Å². The number of hydrogen-bond donors (Lipinski definition) is 1. The van der Waals surface area contributed by atoms with Gasteiger partial charge >= 0.3 is 0 Å². The number of aryl methyl sites for hydroxylation is 4. The third kappa shape index (κ3) is 3.11. The molecule has 1 N–H and O–H groups in total. The number of carbonyl (C=O) groups is 1. The number of nitrogens with one attached hydrogen (secondary N) is 1. The minimum absolute atomic E-state index is 0.0898. The fourth-order valence-electron chi connectivity index (χ4n) is 2.78. The quantitative estimate of drug-likeness (QED) is 0.787. The summed E-state index contributed by atoms with van der Waals surface area (Å²) >= 11 is 0. The molecule has 0 saturated carbocycles. The lowest BCUT2D eigenvalue weighted by Crippen LogP contribution is -2.15. The summed E-state index contributed by atoms with van der Waals surface area (Å²) in [6.07, 6.45) is 0.198. The van der Waals surface area contributed by atoms with Gasteiger partial charge in [0, 0.05) is 11.1 Å². The normalized spacial score (nSPS) is 11.0. The minimum Gasteiger partial charge on any atom is -0.356 e. The number of carbonyl (C=O) groups excluding carboxylic acids is 1. The van der Waals surface area contributed by atoms with Crippen molar-refractivity contribution in [2.75, 3.05) is 5.32 Å². The first kappa shape index (κ1) is 15.3. The number of amides is 1. The molecule has 0 fully saturated rings. The van der Waals surface area contributed by atoms with E-state index in [0.717, 1.165) is 38.9 Å². The van der Waals surface area contributed by atoms with E-state index in [0.29, 0.717) is 5.69 Å². The molecule has 0 bridgehead atoms. The highest BCUT2D eigenvalue weighted by Crippen LogP contribution is 2.24. The van der Waals surface area contributed by atoms with Crippen molar-refractivity contribution < 1.29 is 9.32 Å². The highest BCUT2D eigenvalue weighted by Gasteiger charge is 2.15. The molecular formula is C19H20N2O2. The van der Waals surface area contributed by atoms with Gasteiger partial charge in [0.05, 0.1) is 6.42 Å². The molecule has 0 radical (unpaired) electrons. The molecule has 1 aromatic heterocycles. The molecule has 4 heteroatoms. The van der Waals surface area contributed by atoms with Gasteiger partial charge in [-0.3, -0.25) is 4.79 Å². The zero-order valence-electron chi connectivity index (χ0n) is 13.9. The molecule has 0 aliphatic rings. The molecule has 0 aliphatic carbocycles. The minimum atomic E-state index is -0.0898. The van der Waals surface area contributed by atoms with Gasteiger partial charge in [-0.15, -0.1) is 0 Å². The lowest BCUT2D eigenvalue weighted by Gasteiger charge is -2.08. The summed E-state index contributed by atoms with van der Waals surface area (Å²) in [4.78, 5) is 12.4. The van der Waals surface area contributed by atoms with Crippen LogP contribution in [0.1, 0.15) is 27.9 Å². The predicted molar refractivity (Wildman–Crippen MR) is 91.7 cm³/mol. The van der Waals surface area contributed by atoms with E-state index < -0.39 is 0 Å². The topological polar surface area (TPSA) is 55.1 Å². The zero-order valence-corrected chi connectivity index (χ0v) is 13.9. The van der Waals surface area contributed by atoms with Crippen molar-refractivity contribution in [2.24, 2.45) is 0 Å². The maximum atomic E-state index is 12.4. The monoisotopic (exact) mass is 308 g/mol. The Kier molecular flexibility index (Phi) is 3.90. The third-order valence-electron chi connectivity index (χ3n) is 3.97. The molecule has 4 nitrogen and oxygen atoms in total. The zero-order chi connectivity index (χ0) is 16.6. The molecule has 0 unspecified atom stereocenters. The average Bonchev–Trinajstić information content (AvgIpc) is 2.86. The molecular weight excluding hydrogens is 288 g/mol.